The first-order chi connectivity index (χ1) is 6.08. The van der Waals surface area contributed by atoms with Crippen molar-refractivity contribution in [1.29, 1.82) is 0 Å². The minimum absolute atomic E-state index is 0.0413. The number of rotatable bonds is 1. The van der Waals surface area contributed by atoms with Gasteiger partial charge in [0.2, 0.25) is 5.91 Å². The maximum absolute atomic E-state index is 11.7. The number of carbonyl (C=O) groups excluding carboxylic acids is 1. The van der Waals surface area contributed by atoms with E-state index in [1.165, 1.54) is 0 Å². The van der Waals surface area contributed by atoms with Crippen LogP contribution in [0.15, 0.2) is 0 Å². The van der Waals surface area contributed by atoms with Gasteiger partial charge in [0.15, 0.2) is 0 Å². The van der Waals surface area contributed by atoms with Crippen LogP contribution in [0.1, 0.15) is 32.6 Å². The van der Waals surface area contributed by atoms with Gasteiger partial charge in [0.1, 0.15) is 0 Å². The maximum Gasteiger partial charge on any atom is 0.225 e. The summed E-state index contributed by atoms with van der Waals surface area (Å²) in [5.74, 6) is 0.734. The summed E-state index contributed by atoms with van der Waals surface area (Å²) in [5.41, 5.74) is 5.95. The highest BCUT2D eigenvalue weighted by Crippen LogP contribution is 2.32. The summed E-state index contributed by atoms with van der Waals surface area (Å²) in [5, 5.41) is 0. The first kappa shape index (κ1) is 9.00. The molecule has 1 aliphatic carbocycles. The van der Waals surface area contributed by atoms with Gasteiger partial charge < -0.3 is 10.6 Å². The van der Waals surface area contributed by atoms with Gasteiger partial charge in [0, 0.05) is 24.5 Å². The summed E-state index contributed by atoms with van der Waals surface area (Å²) in [4.78, 5) is 13.6. The smallest absolute Gasteiger partial charge is 0.225 e. The Morgan fingerprint density at radius 1 is 1.38 bits per heavy atom. The van der Waals surface area contributed by atoms with Gasteiger partial charge >= 0.3 is 0 Å². The SMILES string of the molecule is CC1(N)CCN(C(=O)C2CC2)CC1. The fourth-order valence-corrected chi connectivity index (χ4v) is 1.83. The number of piperidine rings is 1. The second kappa shape index (κ2) is 2.98. The molecule has 3 nitrogen and oxygen atoms in total. The topological polar surface area (TPSA) is 46.3 Å². The van der Waals surface area contributed by atoms with Crippen molar-refractivity contribution in [2.45, 2.75) is 38.1 Å². The molecular formula is C10H18N2O. The zero-order chi connectivity index (χ0) is 9.47. The third-order valence-corrected chi connectivity index (χ3v) is 3.14. The molecule has 1 saturated heterocycles. The van der Waals surface area contributed by atoms with E-state index in [4.69, 9.17) is 5.73 Å². The zero-order valence-electron chi connectivity index (χ0n) is 8.25. The molecule has 74 valence electrons. The highest BCUT2D eigenvalue weighted by molar-refractivity contribution is 5.81. The molecule has 1 aliphatic heterocycles. The van der Waals surface area contributed by atoms with Gasteiger partial charge in [0.25, 0.3) is 0 Å². The van der Waals surface area contributed by atoms with Crippen LogP contribution in [0.4, 0.5) is 0 Å². The molecular weight excluding hydrogens is 164 g/mol. The zero-order valence-corrected chi connectivity index (χ0v) is 8.25. The Hall–Kier alpha value is -0.570. The quantitative estimate of drug-likeness (QED) is 0.650. The fraction of sp³-hybridized carbons (Fsp3) is 0.900. The number of hydrogen-bond donors (Lipinski definition) is 1. The second-order valence-electron chi connectivity index (χ2n) is 4.75. The summed E-state index contributed by atoms with van der Waals surface area (Å²) >= 11 is 0. The van der Waals surface area contributed by atoms with E-state index in [1.807, 2.05) is 4.90 Å². The molecule has 0 aromatic rings. The first-order valence-electron chi connectivity index (χ1n) is 5.16. The predicted octanol–water partition coefficient (Wildman–Crippen LogP) is 0.736. The Morgan fingerprint density at radius 2 is 1.92 bits per heavy atom. The molecule has 0 atom stereocenters. The summed E-state index contributed by atoms with van der Waals surface area (Å²) in [7, 11) is 0. The van der Waals surface area contributed by atoms with Crippen molar-refractivity contribution in [3.8, 4) is 0 Å². The van der Waals surface area contributed by atoms with Crippen molar-refractivity contribution in [3.63, 3.8) is 0 Å². The maximum atomic E-state index is 11.7. The molecule has 2 rings (SSSR count). The van der Waals surface area contributed by atoms with E-state index in [2.05, 4.69) is 6.92 Å². The minimum atomic E-state index is -0.0413. The Morgan fingerprint density at radius 3 is 2.38 bits per heavy atom. The normalized spacial score (nSPS) is 27.4. The van der Waals surface area contributed by atoms with E-state index in [0.29, 0.717) is 11.8 Å². The summed E-state index contributed by atoms with van der Waals surface area (Å²) in [6.45, 7) is 3.80. The fourth-order valence-electron chi connectivity index (χ4n) is 1.83. The van der Waals surface area contributed by atoms with Crippen molar-refractivity contribution in [2.24, 2.45) is 11.7 Å². The van der Waals surface area contributed by atoms with Crippen LogP contribution in [0.3, 0.4) is 0 Å². The van der Waals surface area contributed by atoms with Crippen LogP contribution in [0.2, 0.25) is 0 Å². The summed E-state index contributed by atoms with van der Waals surface area (Å²) in [6.07, 6.45) is 4.11. The van der Waals surface area contributed by atoms with Crippen molar-refractivity contribution in [1.82, 2.24) is 4.90 Å². The van der Waals surface area contributed by atoms with Gasteiger partial charge in [0.05, 0.1) is 0 Å². The Kier molecular flexibility index (Phi) is 2.06. The molecule has 1 heterocycles. The molecule has 13 heavy (non-hydrogen) atoms. The van der Waals surface area contributed by atoms with Crippen LogP contribution in [0, 0.1) is 5.92 Å². The van der Waals surface area contributed by atoms with Crippen molar-refractivity contribution < 1.29 is 4.79 Å². The largest absolute Gasteiger partial charge is 0.342 e. The Balaban J connectivity index is 1.86. The van der Waals surface area contributed by atoms with Crippen LogP contribution in [0.25, 0.3) is 0 Å². The van der Waals surface area contributed by atoms with E-state index in [1.54, 1.807) is 0 Å². The monoisotopic (exact) mass is 182 g/mol. The first-order valence-corrected chi connectivity index (χ1v) is 5.16. The standard InChI is InChI=1S/C10H18N2O/c1-10(11)4-6-12(7-5-10)9(13)8-2-3-8/h8H,2-7,11H2,1H3. The third-order valence-electron chi connectivity index (χ3n) is 3.14. The molecule has 0 aromatic heterocycles. The van der Waals surface area contributed by atoms with Crippen molar-refractivity contribution in [3.05, 3.63) is 0 Å². The number of carbonyl (C=O) groups is 1. The van der Waals surface area contributed by atoms with Crippen LogP contribution in [0.5, 0.6) is 0 Å². The van der Waals surface area contributed by atoms with E-state index < -0.39 is 0 Å². The third kappa shape index (κ3) is 2.02. The molecule has 1 saturated carbocycles. The van der Waals surface area contributed by atoms with Crippen LogP contribution in [-0.4, -0.2) is 29.4 Å². The van der Waals surface area contributed by atoms with Gasteiger partial charge in [-0.05, 0) is 32.6 Å². The lowest BCUT2D eigenvalue weighted by Gasteiger charge is -2.36. The van der Waals surface area contributed by atoms with Gasteiger partial charge in [-0.2, -0.15) is 0 Å². The number of nitrogens with two attached hydrogens (primary N) is 1. The van der Waals surface area contributed by atoms with E-state index in [9.17, 15) is 4.79 Å². The molecule has 0 bridgehead atoms. The molecule has 2 fully saturated rings. The molecule has 0 unspecified atom stereocenters. The van der Waals surface area contributed by atoms with E-state index in [0.717, 1.165) is 38.8 Å². The van der Waals surface area contributed by atoms with Crippen LogP contribution < -0.4 is 5.73 Å². The predicted molar refractivity (Wildman–Crippen MR) is 51.1 cm³/mol. The number of amides is 1. The molecule has 1 amide bonds. The second-order valence-corrected chi connectivity index (χ2v) is 4.75. The molecule has 2 aliphatic rings. The summed E-state index contributed by atoms with van der Waals surface area (Å²) in [6, 6.07) is 0. The number of likely N-dealkylation sites (tertiary alicyclic amines) is 1. The number of nitrogens with zero attached hydrogens (tertiary/aromatic N) is 1. The van der Waals surface area contributed by atoms with Gasteiger partial charge in [-0.3, -0.25) is 4.79 Å². The van der Waals surface area contributed by atoms with Gasteiger partial charge in [-0.15, -0.1) is 0 Å². The highest BCUT2D eigenvalue weighted by atomic mass is 16.2. The molecule has 0 spiro atoms. The molecule has 0 radical (unpaired) electrons. The average Bonchev–Trinajstić information content (AvgIpc) is 2.85. The minimum Gasteiger partial charge on any atom is -0.342 e. The Labute approximate surface area is 79.3 Å². The van der Waals surface area contributed by atoms with Crippen LogP contribution >= 0.6 is 0 Å². The van der Waals surface area contributed by atoms with Gasteiger partial charge in [-0.25, -0.2) is 0 Å². The lowest BCUT2D eigenvalue weighted by molar-refractivity contribution is -0.134. The van der Waals surface area contributed by atoms with Gasteiger partial charge in [-0.1, -0.05) is 0 Å². The summed E-state index contributed by atoms with van der Waals surface area (Å²) < 4.78 is 0. The highest BCUT2D eigenvalue weighted by Gasteiger charge is 2.36. The van der Waals surface area contributed by atoms with Crippen molar-refractivity contribution >= 4 is 5.91 Å². The molecule has 0 aromatic carbocycles. The molecule has 2 N–H and O–H groups in total. The Bertz CT molecular complexity index is 211. The number of hydrogen-bond acceptors (Lipinski definition) is 2. The van der Waals surface area contributed by atoms with Crippen LogP contribution in [-0.2, 0) is 4.79 Å². The van der Waals surface area contributed by atoms with E-state index in [-0.39, 0.29) is 5.54 Å². The van der Waals surface area contributed by atoms with Crippen molar-refractivity contribution in [2.75, 3.05) is 13.1 Å². The molecule has 3 heteroatoms. The average molecular weight is 182 g/mol. The lowest BCUT2D eigenvalue weighted by Crippen LogP contribution is -2.50. The van der Waals surface area contributed by atoms with E-state index >= 15 is 0 Å². The lowest BCUT2D eigenvalue weighted by atomic mass is 9.91.